The van der Waals surface area contributed by atoms with Crippen molar-refractivity contribution >= 4 is 17.1 Å². The maximum atomic E-state index is 12.0. The van der Waals surface area contributed by atoms with Crippen LogP contribution in [0.4, 0.5) is 4.79 Å². The molecule has 2 atom stereocenters. The Morgan fingerprint density at radius 1 is 1.13 bits per heavy atom. The van der Waals surface area contributed by atoms with Crippen molar-refractivity contribution in [3.63, 3.8) is 0 Å². The molecule has 1 amide bonds. The van der Waals surface area contributed by atoms with Crippen molar-refractivity contribution in [1.82, 2.24) is 20.1 Å². The second-order valence-corrected chi connectivity index (χ2v) is 9.70. The van der Waals surface area contributed by atoms with Gasteiger partial charge in [0.2, 0.25) is 5.88 Å². The van der Waals surface area contributed by atoms with Gasteiger partial charge in [0.25, 0.3) is 0 Å². The number of aliphatic hydroxyl groups excluding tert-OH is 1. The number of nitrogens with one attached hydrogen (secondary N) is 1. The van der Waals surface area contributed by atoms with E-state index in [2.05, 4.69) is 5.32 Å². The average molecular weight is 531 g/mol. The summed E-state index contributed by atoms with van der Waals surface area (Å²) >= 11 is 0. The predicted molar refractivity (Wildman–Crippen MR) is 147 cm³/mol. The second-order valence-electron chi connectivity index (χ2n) is 9.70. The van der Waals surface area contributed by atoms with Gasteiger partial charge in [-0.3, -0.25) is 0 Å². The number of pyridine rings is 1. The molecule has 3 heterocycles. The highest BCUT2D eigenvalue weighted by Crippen LogP contribution is 2.33. The number of hydrogen-bond acceptors (Lipinski definition) is 7. The number of amides is 1. The van der Waals surface area contributed by atoms with Crippen LogP contribution in [0, 0.1) is 0 Å². The summed E-state index contributed by atoms with van der Waals surface area (Å²) in [6.45, 7) is 3.24. The van der Waals surface area contributed by atoms with E-state index in [1.165, 1.54) is 0 Å². The molecule has 9 nitrogen and oxygen atoms in total. The van der Waals surface area contributed by atoms with Crippen molar-refractivity contribution in [2.24, 2.45) is 0 Å². The highest BCUT2D eigenvalue weighted by molar-refractivity contribution is 5.90. The van der Waals surface area contributed by atoms with Crippen LogP contribution in [-0.2, 0) is 22.7 Å². The van der Waals surface area contributed by atoms with Crippen molar-refractivity contribution in [2.75, 3.05) is 13.2 Å². The standard InChI is InChI=1S/C30H34N4O5/c1-21(15-16-31-30(36)38-20-22-8-3-2-4-9-22)39-26-14-13-25-29(32-26)28(24-11-7-10-23(18-24)19-35)33-34(25)27-12-5-6-17-37-27/h2-4,7-11,13-14,18,21,27,35H,5-6,12,15-17,19-20H2,1H3,(H,31,36)/t21-,27?/m1/s1. The van der Waals surface area contributed by atoms with Gasteiger partial charge < -0.3 is 24.6 Å². The third-order valence-corrected chi connectivity index (χ3v) is 6.69. The summed E-state index contributed by atoms with van der Waals surface area (Å²) < 4.78 is 19.3. The number of aromatic nitrogens is 3. The summed E-state index contributed by atoms with van der Waals surface area (Å²) in [4.78, 5) is 16.9. The lowest BCUT2D eigenvalue weighted by atomic mass is 10.1. The van der Waals surface area contributed by atoms with Gasteiger partial charge in [0.1, 0.15) is 17.8 Å². The first kappa shape index (κ1) is 26.6. The third kappa shape index (κ3) is 6.74. The fraction of sp³-hybridized carbons (Fsp3) is 0.367. The minimum absolute atomic E-state index is 0.0502. The number of carbonyl (C=O) groups is 1. The molecule has 9 heteroatoms. The Morgan fingerprint density at radius 2 is 1.97 bits per heavy atom. The van der Waals surface area contributed by atoms with Gasteiger partial charge in [0.15, 0.2) is 6.23 Å². The Balaban J connectivity index is 1.26. The highest BCUT2D eigenvalue weighted by atomic mass is 16.5. The molecule has 1 aliphatic rings. The maximum absolute atomic E-state index is 12.0. The first-order valence-electron chi connectivity index (χ1n) is 13.4. The first-order chi connectivity index (χ1) is 19.1. The number of fused-ring (bicyclic) bond motifs is 1. The van der Waals surface area contributed by atoms with Crippen LogP contribution in [0.5, 0.6) is 5.88 Å². The van der Waals surface area contributed by atoms with E-state index in [0.717, 1.165) is 47.2 Å². The molecule has 2 aromatic heterocycles. The summed E-state index contributed by atoms with van der Waals surface area (Å²) in [5, 5.41) is 17.3. The molecule has 2 aromatic carbocycles. The number of nitrogens with zero attached hydrogens (tertiary/aromatic N) is 3. The van der Waals surface area contributed by atoms with Gasteiger partial charge in [-0.2, -0.15) is 5.10 Å². The fourth-order valence-corrected chi connectivity index (χ4v) is 4.63. The Bertz CT molecular complexity index is 1380. The predicted octanol–water partition coefficient (Wildman–Crippen LogP) is 5.37. The monoisotopic (exact) mass is 530 g/mol. The zero-order chi connectivity index (χ0) is 27.0. The van der Waals surface area contributed by atoms with Crippen LogP contribution in [0.25, 0.3) is 22.3 Å². The zero-order valence-electron chi connectivity index (χ0n) is 22.1. The molecular formula is C30H34N4O5. The smallest absolute Gasteiger partial charge is 0.407 e. The normalized spacial score (nSPS) is 16.1. The highest BCUT2D eigenvalue weighted by Gasteiger charge is 2.23. The lowest BCUT2D eigenvalue weighted by Crippen LogP contribution is -2.28. The summed E-state index contributed by atoms with van der Waals surface area (Å²) in [7, 11) is 0. The number of carbonyl (C=O) groups excluding carboxylic acids is 1. The molecule has 4 aromatic rings. The topological polar surface area (TPSA) is 108 Å². The van der Waals surface area contributed by atoms with Crippen molar-refractivity contribution in [2.45, 2.75) is 58.2 Å². The van der Waals surface area contributed by atoms with Gasteiger partial charge in [-0.1, -0.05) is 48.5 Å². The summed E-state index contributed by atoms with van der Waals surface area (Å²) in [6.07, 6.45) is 2.82. The van der Waals surface area contributed by atoms with Crippen molar-refractivity contribution in [3.05, 3.63) is 77.9 Å². The van der Waals surface area contributed by atoms with Gasteiger partial charge >= 0.3 is 6.09 Å². The number of aliphatic hydroxyl groups is 1. The quantitative estimate of drug-likeness (QED) is 0.284. The minimum Gasteiger partial charge on any atom is -0.475 e. The molecule has 204 valence electrons. The Hall–Kier alpha value is -3.95. The van der Waals surface area contributed by atoms with E-state index in [1.807, 2.05) is 78.3 Å². The first-order valence-corrected chi connectivity index (χ1v) is 13.4. The molecule has 0 radical (unpaired) electrons. The van der Waals surface area contributed by atoms with E-state index in [-0.39, 0.29) is 25.5 Å². The summed E-state index contributed by atoms with van der Waals surface area (Å²) in [5.74, 6) is 0.477. The van der Waals surface area contributed by atoms with Crippen LogP contribution in [0.3, 0.4) is 0 Å². The van der Waals surface area contributed by atoms with Crippen molar-refractivity contribution < 1.29 is 24.1 Å². The minimum atomic E-state index is -0.460. The second kappa shape index (κ2) is 12.7. The number of alkyl carbamates (subject to hydrolysis) is 1. The molecule has 2 N–H and O–H groups in total. The van der Waals surface area contributed by atoms with Crippen LogP contribution < -0.4 is 10.1 Å². The van der Waals surface area contributed by atoms with E-state index in [1.54, 1.807) is 0 Å². The summed E-state index contributed by atoms with van der Waals surface area (Å²) in [6, 6.07) is 21.0. The molecule has 1 fully saturated rings. The number of rotatable bonds is 10. The van der Waals surface area contributed by atoms with E-state index in [9.17, 15) is 9.90 Å². The van der Waals surface area contributed by atoms with Gasteiger partial charge in [-0.05, 0) is 49.4 Å². The Kier molecular flexibility index (Phi) is 8.70. The zero-order valence-corrected chi connectivity index (χ0v) is 22.1. The van der Waals surface area contributed by atoms with E-state index in [0.29, 0.717) is 31.0 Å². The SMILES string of the molecule is C[C@H](CCNC(=O)OCc1ccccc1)Oc1ccc2c(n1)c(-c1cccc(CO)c1)nn2C1CCCCO1. The van der Waals surface area contributed by atoms with Crippen LogP contribution in [0.2, 0.25) is 0 Å². The molecule has 0 spiro atoms. The number of ether oxygens (including phenoxy) is 3. The summed E-state index contributed by atoms with van der Waals surface area (Å²) in [5.41, 5.74) is 4.92. The molecule has 1 aliphatic heterocycles. The number of benzene rings is 2. The van der Waals surface area contributed by atoms with Gasteiger partial charge in [0, 0.05) is 31.2 Å². The lowest BCUT2D eigenvalue weighted by molar-refractivity contribution is -0.0365. The Labute approximate surface area is 227 Å². The molecule has 39 heavy (non-hydrogen) atoms. The van der Waals surface area contributed by atoms with Gasteiger partial charge in [0.05, 0.1) is 18.2 Å². The van der Waals surface area contributed by atoms with Gasteiger partial charge in [-0.15, -0.1) is 0 Å². The van der Waals surface area contributed by atoms with E-state index >= 15 is 0 Å². The average Bonchev–Trinajstić information content (AvgIpc) is 3.36. The fourth-order valence-electron chi connectivity index (χ4n) is 4.63. The lowest BCUT2D eigenvalue weighted by Gasteiger charge is -2.23. The van der Waals surface area contributed by atoms with Crippen molar-refractivity contribution in [1.29, 1.82) is 0 Å². The number of hydrogen-bond donors (Lipinski definition) is 2. The third-order valence-electron chi connectivity index (χ3n) is 6.69. The van der Waals surface area contributed by atoms with Crippen LogP contribution in [0.1, 0.15) is 50.0 Å². The van der Waals surface area contributed by atoms with Crippen LogP contribution in [-0.4, -0.2) is 45.2 Å². The van der Waals surface area contributed by atoms with E-state index < -0.39 is 6.09 Å². The van der Waals surface area contributed by atoms with Gasteiger partial charge in [-0.25, -0.2) is 14.5 Å². The largest absolute Gasteiger partial charge is 0.475 e. The van der Waals surface area contributed by atoms with Crippen LogP contribution in [0.15, 0.2) is 66.7 Å². The van der Waals surface area contributed by atoms with Crippen molar-refractivity contribution in [3.8, 4) is 17.1 Å². The molecule has 1 saturated heterocycles. The molecule has 5 rings (SSSR count). The maximum Gasteiger partial charge on any atom is 0.407 e. The van der Waals surface area contributed by atoms with E-state index in [4.69, 9.17) is 24.3 Å². The molecule has 0 saturated carbocycles. The molecule has 0 aliphatic carbocycles. The Morgan fingerprint density at radius 3 is 2.77 bits per heavy atom. The molecule has 0 bridgehead atoms. The van der Waals surface area contributed by atoms with Crippen LogP contribution >= 0.6 is 0 Å². The molecular weight excluding hydrogens is 496 g/mol. The molecule has 1 unspecified atom stereocenters.